The number of amides is 2. The molecular formula is C22H23F3N6O3S. The molecule has 3 aromatic rings. The van der Waals surface area contributed by atoms with Gasteiger partial charge in [0.25, 0.3) is 5.91 Å². The SMILES string of the molecule is Cc1ccc(O)c(C)c1NC(=O)c1cnc(Nc2ccn([C@@H]3CCN(C(=O)CC(F)(F)F)C3)n2)s1. The van der Waals surface area contributed by atoms with Gasteiger partial charge in [0.2, 0.25) is 5.91 Å². The van der Waals surface area contributed by atoms with Crippen LogP contribution in [-0.2, 0) is 4.79 Å². The molecular weight excluding hydrogens is 485 g/mol. The van der Waals surface area contributed by atoms with Crippen LogP contribution in [0.4, 0.5) is 29.8 Å². The first-order chi connectivity index (χ1) is 16.5. The summed E-state index contributed by atoms with van der Waals surface area (Å²) in [6, 6.07) is 4.73. The minimum absolute atomic E-state index is 0.0863. The summed E-state index contributed by atoms with van der Waals surface area (Å²) in [5.74, 6) is -0.767. The van der Waals surface area contributed by atoms with E-state index in [-0.39, 0.29) is 30.8 Å². The number of aryl methyl sites for hydroxylation is 1. The molecule has 13 heteroatoms. The Kier molecular flexibility index (Phi) is 6.70. The Morgan fingerprint density at radius 1 is 1.26 bits per heavy atom. The Hall–Kier alpha value is -3.61. The van der Waals surface area contributed by atoms with Crippen LogP contribution in [0.2, 0.25) is 0 Å². The smallest absolute Gasteiger partial charge is 0.397 e. The van der Waals surface area contributed by atoms with E-state index >= 15 is 0 Å². The van der Waals surface area contributed by atoms with Crippen molar-refractivity contribution in [3.05, 3.63) is 46.6 Å². The maximum absolute atomic E-state index is 12.7. The van der Waals surface area contributed by atoms with Crippen LogP contribution < -0.4 is 10.6 Å². The highest BCUT2D eigenvalue weighted by Gasteiger charge is 2.36. The van der Waals surface area contributed by atoms with Crippen molar-refractivity contribution in [1.29, 1.82) is 0 Å². The highest BCUT2D eigenvalue weighted by atomic mass is 32.1. The first-order valence-electron chi connectivity index (χ1n) is 10.7. The predicted molar refractivity (Wildman–Crippen MR) is 124 cm³/mol. The van der Waals surface area contributed by atoms with Crippen LogP contribution in [0.5, 0.6) is 5.75 Å². The van der Waals surface area contributed by atoms with Gasteiger partial charge in [-0.05, 0) is 31.9 Å². The van der Waals surface area contributed by atoms with Gasteiger partial charge in [0.1, 0.15) is 17.0 Å². The second kappa shape index (κ2) is 9.56. The number of phenolic OH excluding ortho intramolecular Hbond substituents is 1. The number of halogens is 3. The minimum Gasteiger partial charge on any atom is -0.508 e. The number of hydrogen-bond acceptors (Lipinski definition) is 7. The van der Waals surface area contributed by atoms with E-state index in [4.69, 9.17) is 0 Å². The average molecular weight is 509 g/mol. The normalized spacial score (nSPS) is 15.9. The number of phenols is 1. The summed E-state index contributed by atoms with van der Waals surface area (Å²) < 4.78 is 39.1. The zero-order valence-corrected chi connectivity index (χ0v) is 19.7. The van der Waals surface area contributed by atoms with Crippen LogP contribution >= 0.6 is 11.3 Å². The third-order valence-electron chi connectivity index (χ3n) is 5.70. The summed E-state index contributed by atoms with van der Waals surface area (Å²) in [5, 5.41) is 20.5. The van der Waals surface area contributed by atoms with E-state index in [2.05, 4.69) is 20.7 Å². The molecule has 3 N–H and O–H groups in total. The maximum atomic E-state index is 12.7. The summed E-state index contributed by atoms with van der Waals surface area (Å²) >= 11 is 1.12. The monoisotopic (exact) mass is 508 g/mol. The van der Waals surface area contributed by atoms with Crippen molar-refractivity contribution < 1.29 is 27.9 Å². The molecule has 1 atom stereocenters. The number of rotatable bonds is 6. The highest BCUT2D eigenvalue weighted by molar-refractivity contribution is 7.17. The van der Waals surface area contributed by atoms with Crippen molar-refractivity contribution in [2.45, 2.75) is 38.9 Å². The van der Waals surface area contributed by atoms with Gasteiger partial charge in [-0.15, -0.1) is 0 Å². The number of carbonyl (C=O) groups excluding carboxylic acids is 2. The average Bonchev–Trinajstić information content (AvgIpc) is 3.53. The molecule has 0 unspecified atom stereocenters. The third kappa shape index (κ3) is 5.73. The molecule has 1 aliphatic heterocycles. The fourth-order valence-corrected chi connectivity index (χ4v) is 4.54. The van der Waals surface area contributed by atoms with E-state index in [1.54, 1.807) is 36.0 Å². The van der Waals surface area contributed by atoms with Gasteiger partial charge in [0.05, 0.1) is 17.9 Å². The lowest BCUT2D eigenvalue weighted by molar-refractivity contribution is -0.160. The third-order valence-corrected chi connectivity index (χ3v) is 6.61. The standard InChI is InChI=1S/C22H23F3N6O3S/c1-12-3-4-15(32)13(2)19(12)28-20(34)16-10-26-21(35-16)27-17-6-8-31(29-17)14-5-7-30(11-14)18(33)9-22(23,24)25/h3-4,6,8,10,14,32H,5,7,9,11H2,1-2H3,(H,28,34)(H,26,27,29)/t14-/m1/s1. The van der Waals surface area contributed by atoms with Crippen LogP contribution in [0.25, 0.3) is 0 Å². The van der Waals surface area contributed by atoms with E-state index < -0.39 is 18.5 Å². The van der Waals surface area contributed by atoms with Crippen molar-refractivity contribution in [2.24, 2.45) is 0 Å². The molecule has 1 saturated heterocycles. The van der Waals surface area contributed by atoms with Gasteiger partial charge in [-0.25, -0.2) is 4.98 Å². The van der Waals surface area contributed by atoms with Crippen molar-refractivity contribution >= 4 is 39.8 Å². The molecule has 9 nitrogen and oxygen atoms in total. The number of benzene rings is 1. The van der Waals surface area contributed by atoms with Crippen LogP contribution in [0.1, 0.15) is 39.7 Å². The maximum Gasteiger partial charge on any atom is 0.397 e. The lowest BCUT2D eigenvalue weighted by atomic mass is 10.1. The summed E-state index contributed by atoms with van der Waals surface area (Å²) in [6.45, 7) is 3.94. The molecule has 0 bridgehead atoms. The van der Waals surface area contributed by atoms with Gasteiger partial charge < -0.3 is 20.6 Å². The van der Waals surface area contributed by atoms with Gasteiger partial charge >= 0.3 is 6.18 Å². The quantitative estimate of drug-likeness (QED) is 0.456. The predicted octanol–water partition coefficient (Wildman–Crippen LogP) is 4.38. The molecule has 2 amide bonds. The molecule has 186 valence electrons. The summed E-state index contributed by atoms with van der Waals surface area (Å²) in [7, 11) is 0. The van der Waals surface area contributed by atoms with E-state index in [1.165, 1.54) is 11.1 Å². The molecule has 1 aromatic carbocycles. The Balaban J connectivity index is 1.36. The van der Waals surface area contributed by atoms with E-state index in [0.717, 1.165) is 16.9 Å². The number of likely N-dealkylation sites (tertiary alicyclic amines) is 1. The van der Waals surface area contributed by atoms with Crippen molar-refractivity contribution in [3.8, 4) is 5.75 Å². The van der Waals surface area contributed by atoms with E-state index in [1.807, 2.05) is 6.92 Å². The topological polar surface area (TPSA) is 112 Å². The number of hydrogen-bond donors (Lipinski definition) is 3. The number of aromatic hydroxyl groups is 1. The summed E-state index contributed by atoms with van der Waals surface area (Å²) in [5.41, 5.74) is 1.92. The Bertz CT molecular complexity index is 1260. The minimum atomic E-state index is -4.53. The summed E-state index contributed by atoms with van der Waals surface area (Å²) in [6.07, 6.45) is -2.38. The molecule has 0 radical (unpaired) electrons. The molecule has 4 rings (SSSR count). The zero-order valence-electron chi connectivity index (χ0n) is 18.9. The number of nitrogens with one attached hydrogen (secondary N) is 2. The molecule has 2 aromatic heterocycles. The molecule has 3 heterocycles. The molecule has 0 aliphatic carbocycles. The lowest BCUT2D eigenvalue weighted by Crippen LogP contribution is -2.32. The van der Waals surface area contributed by atoms with Gasteiger partial charge in [0.15, 0.2) is 10.9 Å². The Labute approximate surface area is 202 Å². The van der Waals surface area contributed by atoms with E-state index in [9.17, 15) is 27.9 Å². The van der Waals surface area contributed by atoms with Crippen LogP contribution in [0.15, 0.2) is 30.6 Å². The number of nitrogens with zero attached hydrogens (tertiary/aromatic N) is 4. The molecule has 0 saturated carbocycles. The van der Waals surface area contributed by atoms with Crippen molar-refractivity contribution in [1.82, 2.24) is 19.7 Å². The first-order valence-corrected chi connectivity index (χ1v) is 11.5. The summed E-state index contributed by atoms with van der Waals surface area (Å²) in [4.78, 5) is 30.3. The fraction of sp³-hybridized carbons (Fsp3) is 0.364. The largest absolute Gasteiger partial charge is 0.508 e. The van der Waals surface area contributed by atoms with E-state index in [0.29, 0.717) is 33.5 Å². The lowest BCUT2D eigenvalue weighted by Gasteiger charge is -2.17. The zero-order chi connectivity index (χ0) is 25.3. The fourth-order valence-electron chi connectivity index (χ4n) is 3.83. The molecule has 1 aliphatic rings. The van der Waals surface area contributed by atoms with Gasteiger partial charge in [-0.2, -0.15) is 18.3 Å². The molecule has 0 spiro atoms. The second-order valence-corrected chi connectivity index (χ2v) is 9.30. The number of anilines is 3. The van der Waals surface area contributed by atoms with Crippen LogP contribution in [0.3, 0.4) is 0 Å². The number of carbonyl (C=O) groups is 2. The Morgan fingerprint density at radius 2 is 2.03 bits per heavy atom. The van der Waals surface area contributed by atoms with Crippen LogP contribution in [-0.4, -0.2) is 55.9 Å². The first kappa shape index (κ1) is 24.5. The van der Waals surface area contributed by atoms with Gasteiger partial charge in [-0.3, -0.25) is 14.3 Å². The van der Waals surface area contributed by atoms with Gasteiger partial charge in [-0.1, -0.05) is 17.4 Å². The Morgan fingerprint density at radius 3 is 2.77 bits per heavy atom. The highest BCUT2D eigenvalue weighted by Crippen LogP contribution is 2.30. The van der Waals surface area contributed by atoms with Crippen LogP contribution in [0, 0.1) is 13.8 Å². The van der Waals surface area contributed by atoms with Gasteiger partial charge in [0, 0.05) is 30.9 Å². The number of alkyl halides is 3. The molecule has 35 heavy (non-hydrogen) atoms. The number of thiazole rings is 1. The molecule has 1 fully saturated rings. The van der Waals surface area contributed by atoms with Crippen molar-refractivity contribution in [2.75, 3.05) is 23.7 Å². The second-order valence-electron chi connectivity index (χ2n) is 8.27. The van der Waals surface area contributed by atoms with Crippen molar-refractivity contribution in [3.63, 3.8) is 0 Å². The number of aromatic nitrogens is 3.